The van der Waals surface area contributed by atoms with Gasteiger partial charge < -0.3 is 14.2 Å². The molecular weight excluding hydrogens is 364 g/mol. The van der Waals surface area contributed by atoms with E-state index >= 15 is 0 Å². The Morgan fingerprint density at radius 3 is 2.62 bits per heavy atom. The molecule has 0 spiro atoms. The molecule has 4 heteroatoms. The maximum atomic E-state index is 12.5. The van der Waals surface area contributed by atoms with Crippen LogP contribution in [0.15, 0.2) is 66.6 Å². The number of carbonyl (C=O) groups excluding carboxylic acids is 1. The molecule has 0 amide bonds. The molecule has 1 atom stereocenters. The topological polar surface area (TPSA) is 44.8 Å². The SMILES string of the molecule is COc1cccc(/C=C/C[C@]2(C)C(OC(=O)C(C)(C)C)=COc3ccccc32)c1. The number of carbonyl (C=O) groups is 1. The van der Waals surface area contributed by atoms with Crippen LogP contribution in [-0.2, 0) is 14.9 Å². The van der Waals surface area contributed by atoms with E-state index in [9.17, 15) is 4.79 Å². The molecule has 0 N–H and O–H groups in total. The molecule has 2 aromatic carbocycles. The molecule has 0 radical (unpaired) electrons. The van der Waals surface area contributed by atoms with Gasteiger partial charge in [-0.15, -0.1) is 0 Å². The molecule has 0 aromatic heterocycles. The highest BCUT2D eigenvalue weighted by Gasteiger charge is 2.40. The second-order valence-electron chi connectivity index (χ2n) is 8.45. The fraction of sp³-hybridized carbons (Fsp3) is 0.320. The Morgan fingerprint density at radius 1 is 1.14 bits per heavy atom. The van der Waals surface area contributed by atoms with Gasteiger partial charge in [-0.2, -0.15) is 0 Å². The Labute approximate surface area is 172 Å². The normalized spacial score (nSPS) is 18.6. The lowest BCUT2D eigenvalue weighted by molar-refractivity contribution is -0.150. The maximum absolute atomic E-state index is 12.5. The summed E-state index contributed by atoms with van der Waals surface area (Å²) in [6.07, 6.45) is 6.35. The van der Waals surface area contributed by atoms with E-state index in [0.29, 0.717) is 12.2 Å². The van der Waals surface area contributed by atoms with Gasteiger partial charge in [0.25, 0.3) is 0 Å². The molecule has 4 nitrogen and oxygen atoms in total. The average molecular weight is 392 g/mol. The molecule has 0 bridgehead atoms. The molecular formula is C25H28O4. The van der Waals surface area contributed by atoms with Gasteiger partial charge in [-0.25, -0.2) is 0 Å². The molecule has 0 aliphatic carbocycles. The standard InChI is InChI=1S/C25H28O4/c1-24(2,3)23(26)29-22-17-28-21-14-7-6-13-20(21)25(22,4)15-9-11-18-10-8-12-19(16-18)27-5/h6-14,16-17H,15H2,1-5H3/b11-9+/t25-/m0/s1. The van der Waals surface area contributed by atoms with Crippen LogP contribution in [-0.4, -0.2) is 13.1 Å². The van der Waals surface area contributed by atoms with Gasteiger partial charge >= 0.3 is 5.97 Å². The van der Waals surface area contributed by atoms with E-state index in [2.05, 4.69) is 19.1 Å². The highest BCUT2D eigenvalue weighted by atomic mass is 16.6. The van der Waals surface area contributed by atoms with Gasteiger partial charge in [0.1, 0.15) is 17.8 Å². The third-order valence-electron chi connectivity index (χ3n) is 5.06. The Hall–Kier alpha value is -3.01. The van der Waals surface area contributed by atoms with E-state index < -0.39 is 10.8 Å². The molecule has 1 heterocycles. The zero-order valence-corrected chi connectivity index (χ0v) is 17.7. The molecule has 1 aliphatic rings. The zero-order chi connectivity index (χ0) is 21.1. The molecule has 3 rings (SSSR count). The first kappa shape index (κ1) is 20.7. The van der Waals surface area contributed by atoms with Gasteiger partial charge in [-0.3, -0.25) is 4.79 Å². The summed E-state index contributed by atoms with van der Waals surface area (Å²) >= 11 is 0. The lowest BCUT2D eigenvalue weighted by atomic mass is 9.76. The van der Waals surface area contributed by atoms with Crippen molar-refractivity contribution >= 4 is 12.0 Å². The Bertz CT molecular complexity index is 949. The molecule has 0 unspecified atom stereocenters. The van der Waals surface area contributed by atoms with Gasteiger partial charge in [0.05, 0.1) is 17.9 Å². The molecule has 1 aliphatic heterocycles. The van der Waals surface area contributed by atoms with Crippen LogP contribution in [0.2, 0.25) is 0 Å². The summed E-state index contributed by atoms with van der Waals surface area (Å²) in [4.78, 5) is 12.5. The van der Waals surface area contributed by atoms with E-state index in [1.54, 1.807) is 13.4 Å². The second-order valence-corrected chi connectivity index (χ2v) is 8.45. The van der Waals surface area contributed by atoms with Crippen molar-refractivity contribution in [2.75, 3.05) is 7.11 Å². The molecule has 0 saturated heterocycles. The van der Waals surface area contributed by atoms with Crippen LogP contribution in [0.3, 0.4) is 0 Å². The van der Waals surface area contributed by atoms with Crippen LogP contribution in [0.1, 0.15) is 45.2 Å². The number of hydrogen-bond donors (Lipinski definition) is 0. The average Bonchev–Trinajstić information content (AvgIpc) is 2.70. The number of methoxy groups -OCH3 is 1. The highest BCUT2D eigenvalue weighted by molar-refractivity contribution is 5.77. The van der Waals surface area contributed by atoms with Crippen molar-refractivity contribution in [3.05, 3.63) is 77.8 Å². The fourth-order valence-corrected chi connectivity index (χ4v) is 3.18. The first-order chi connectivity index (χ1) is 13.7. The van der Waals surface area contributed by atoms with Gasteiger partial charge in [-0.1, -0.05) is 42.5 Å². The van der Waals surface area contributed by atoms with Crippen LogP contribution in [0.25, 0.3) is 6.08 Å². The predicted molar refractivity (Wildman–Crippen MR) is 115 cm³/mol. The minimum absolute atomic E-state index is 0.283. The van der Waals surface area contributed by atoms with E-state index in [1.807, 2.05) is 69.3 Å². The number of rotatable bonds is 5. The Balaban J connectivity index is 1.90. The van der Waals surface area contributed by atoms with Gasteiger partial charge in [0.2, 0.25) is 0 Å². The summed E-state index contributed by atoms with van der Waals surface area (Å²) in [5.74, 6) is 1.83. The number of ether oxygens (including phenoxy) is 3. The van der Waals surface area contributed by atoms with Crippen molar-refractivity contribution in [3.8, 4) is 11.5 Å². The third-order valence-corrected chi connectivity index (χ3v) is 5.06. The number of allylic oxidation sites excluding steroid dienone is 2. The minimum Gasteiger partial charge on any atom is -0.497 e. The monoisotopic (exact) mass is 392 g/mol. The van der Waals surface area contributed by atoms with Crippen LogP contribution >= 0.6 is 0 Å². The summed E-state index contributed by atoms with van der Waals surface area (Å²) in [5, 5.41) is 0. The quantitative estimate of drug-likeness (QED) is 0.596. The minimum atomic E-state index is -0.602. The van der Waals surface area contributed by atoms with Crippen molar-refractivity contribution in [2.45, 2.75) is 39.5 Å². The fourth-order valence-electron chi connectivity index (χ4n) is 3.18. The molecule has 152 valence electrons. The number of esters is 1. The van der Waals surface area contributed by atoms with E-state index in [4.69, 9.17) is 14.2 Å². The molecule has 0 saturated carbocycles. The van der Waals surface area contributed by atoms with Crippen molar-refractivity contribution < 1.29 is 19.0 Å². The molecule has 0 fully saturated rings. The van der Waals surface area contributed by atoms with Crippen molar-refractivity contribution in [3.63, 3.8) is 0 Å². The first-order valence-electron chi connectivity index (χ1n) is 9.74. The lowest BCUT2D eigenvalue weighted by Gasteiger charge is -2.35. The van der Waals surface area contributed by atoms with Crippen LogP contribution < -0.4 is 9.47 Å². The largest absolute Gasteiger partial charge is 0.497 e. The number of benzene rings is 2. The summed E-state index contributed by atoms with van der Waals surface area (Å²) in [6.45, 7) is 7.60. The second kappa shape index (κ2) is 8.16. The Kier molecular flexibility index (Phi) is 5.83. The first-order valence-corrected chi connectivity index (χ1v) is 9.74. The van der Waals surface area contributed by atoms with Gasteiger partial charge in [-0.05, 0) is 57.9 Å². The number of para-hydroxylation sites is 1. The van der Waals surface area contributed by atoms with E-state index in [0.717, 1.165) is 22.6 Å². The van der Waals surface area contributed by atoms with Crippen molar-refractivity contribution in [2.24, 2.45) is 5.41 Å². The van der Waals surface area contributed by atoms with Crippen LogP contribution in [0.4, 0.5) is 0 Å². The zero-order valence-electron chi connectivity index (χ0n) is 17.7. The van der Waals surface area contributed by atoms with Crippen LogP contribution in [0.5, 0.6) is 11.5 Å². The Morgan fingerprint density at radius 2 is 1.90 bits per heavy atom. The summed E-state index contributed by atoms with van der Waals surface area (Å²) < 4.78 is 16.9. The van der Waals surface area contributed by atoms with Gasteiger partial charge in [0, 0.05) is 5.56 Å². The van der Waals surface area contributed by atoms with Crippen molar-refractivity contribution in [1.29, 1.82) is 0 Å². The summed E-state index contributed by atoms with van der Waals surface area (Å²) in [7, 11) is 1.66. The molecule has 2 aromatic rings. The maximum Gasteiger partial charge on any atom is 0.316 e. The highest BCUT2D eigenvalue weighted by Crippen LogP contribution is 2.45. The van der Waals surface area contributed by atoms with Crippen LogP contribution in [0, 0.1) is 5.41 Å². The number of fused-ring (bicyclic) bond motifs is 1. The van der Waals surface area contributed by atoms with E-state index in [1.165, 1.54) is 0 Å². The third kappa shape index (κ3) is 4.53. The smallest absolute Gasteiger partial charge is 0.316 e. The summed E-state index contributed by atoms with van der Waals surface area (Å²) in [5.41, 5.74) is 0.917. The van der Waals surface area contributed by atoms with Crippen molar-refractivity contribution in [1.82, 2.24) is 0 Å². The lowest BCUT2D eigenvalue weighted by Crippen LogP contribution is -2.33. The molecule has 29 heavy (non-hydrogen) atoms. The number of hydrogen-bond acceptors (Lipinski definition) is 4. The van der Waals surface area contributed by atoms with Gasteiger partial charge in [0.15, 0.2) is 5.76 Å². The summed E-state index contributed by atoms with van der Waals surface area (Å²) in [6, 6.07) is 15.7. The van der Waals surface area contributed by atoms with E-state index in [-0.39, 0.29) is 5.97 Å². The predicted octanol–water partition coefficient (Wildman–Crippen LogP) is 5.88.